The van der Waals surface area contributed by atoms with Crippen LogP contribution in [0.5, 0.6) is 0 Å². The highest BCUT2D eigenvalue weighted by atomic mass is 16.2. The largest absolute Gasteiger partial charge is 0.449 e. The molecule has 8 heavy (non-hydrogen) atoms. The van der Waals surface area contributed by atoms with Gasteiger partial charge in [0.05, 0.1) is 0 Å². The molecule has 0 aliphatic carbocycles. The van der Waals surface area contributed by atoms with E-state index in [-0.39, 0.29) is 0 Å². The molecule has 0 saturated carbocycles. The number of nitrogens with zero attached hydrogens (tertiary/aromatic N) is 1. The minimum Gasteiger partial charge on any atom is -0.449 e. The summed E-state index contributed by atoms with van der Waals surface area (Å²) >= 11 is 0. The molecule has 1 radical (unpaired) electrons. The van der Waals surface area contributed by atoms with E-state index in [0.29, 0.717) is 5.59 Å². The fourth-order valence-corrected chi connectivity index (χ4v) is 0.452. The van der Waals surface area contributed by atoms with Gasteiger partial charge in [0.2, 0.25) is 0 Å². The van der Waals surface area contributed by atoms with Crippen molar-refractivity contribution in [2.45, 2.75) is 0 Å². The quantitative estimate of drug-likeness (QED) is 0.481. The molecule has 1 N–H and O–H groups in total. The molecule has 0 unspecified atom stereocenters. The molecular weight excluding hydrogens is 101 g/mol. The van der Waals surface area contributed by atoms with E-state index >= 15 is 0 Å². The van der Waals surface area contributed by atoms with Crippen LogP contribution in [0.2, 0.25) is 0 Å². The third-order valence-electron chi connectivity index (χ3n) is 0.820. The van der Waals surface area contributed by atoms with Crippen molar-refractivity contribution in [3.8, 4) is 0 Å². The molecule has 0 atom stereocenters. The van der Waals surface area contributed by atoms with Crippen LogP contribution in [0.4, 0.5) is 0 Å². The molecule has 0 bridgehead atoms. The fourth-order valence-electron chi connectivity index (χ4n) is 0.452. The second-order valence-electron chi connectivity index (χ2n) is 1.38. The number of pyridine rings is 1. The SMILES string of the molecule is O[B]c1ccccn1. The fraction of sp³-hybridized carbons (Fsp3) is 0. The van der Waals surface area contributed by atoms with E-state index in [1.54, 1.807) is 18.3 Å². The first kappa shape index (κ1) is 5.31. The third kappa shape index (κ3) is 1.07. The summed E-state index contributed by atoms with van der Waals surface area (Å²) < 4.78 is 0. The van der Waals surface area contributed by atoms with Gasteiger partial charge in [0.15, 0.2) is 0 Å². The summed E-state index contributed by atoms with van der Waals surface area (Å²) in [6.07, 6.45) is 1.63. The summed E-state index contributed by atoms with van der Waals surface area (Å²) in [5.41, 5.74) is 0.590. The molecule has 1 aromatic heterocycles. The predicted octanol–water partition coefficient (Wildman–Crippen LogP) is -0.682. The van der Waals surface area contributed by atoms with Crippen LogP contribution >= 0.6 is 0 Å². The molecule has 39 valence electrons. The van der Waals surface area contributed by atoms with Crippen LogP contribution in [-0.2, 0) is 0 Å². The average molecular weight is 106 g/mol. The van der Waals surface area contributed by atoms with Crippen molar-refractivity contribution in [3.05, 3.63) is 24.4 Å². The number of hydrogen-bond acceptors (Lipinski definition) is 2. The lowest BCUT2D eigenvalue weighted by Crippen LogP contribution is -2.15. The topological polar surface area (TPSA) is 33.1 Å². The Morgan fingerprint density at radius 1 is 1.50 bits per heavy atom. The molecule has 2 nitrogen and oxygen atoms in total. The van der Waals surface area contributed by atoms with Crippen LogP contribution < -0.4 is 5.59 Å². The minimum atomic E-state index is 0.590. The lowest BCUT2D eigenvalue weighted by Gasteiger charge is -1.86. The molecule has 1 heterocycles. The monoisotopic (exact) mass is 106 g/mol. The van der Waals surface area contributed by atoms with E-state index in [9.17, 15) is 0 Å². The van der Waals surface area contributed by atoms with E-state index in [2.05, 4.69) is 4.98 Å². The normalized spacial score (nSPS) is 8.62. The molecule has 0 amide bonds. The van der Waals surface area contributed by atoms with Crippen molar-refractivity contribution in [2.75, 3.05) is 0 Å². The van der Waals surface area contributed by atoms with E-state index < -0.39 is 0 Å². The Morgan fingerprint density at radius 2 is 2.38 bits per heavy atom. The molecule has 0 spiro atoms. The van der Waals surface area contributed by atoms with Crippen molar-refractivity contribution < 1.29 is 5.02 Å². The van der Waals surface area contributed by atoms with Gasteiger partial charge in [-0.2, -0.15) is 0 Å². The third-order valence-corrected chi connectivity index (χ3v) is 0.820. The first-order chi connectivity index (χ1) is 3.93. The Morgan fingerprint density at radius 3 is 2.75 bits per heavy atom. The minimum absolute atomic E-state index is 0.590. The van der Waals surface area contributed by atoms with Gasteiger partial charge in [0.1, 0.15) is 0 Å². The Labute approximate surface area is 48.5 Å². The summed E-state index contributed by atoms with van der Waals surface area (Å²) in [7, 11) is 0.972. The van der Waals surface area contributed by atoms with Crippen LogP contribution in [0.1, 0.15) is 0 Å². The molecule has 0 aliphatic heterocycles. The Bertz CT molecular complexity index is 154. The second kappa shape index (κ2) is 2.47. The van der Waals surface area contributed by atoms with E-state index in [1.165, 1.54) is 0 Å². The van der Waals surface area contributed by atoms with Gasteiger partial charge >= 0.3 is 7.48 Å². The maximum atomic E-state index is 8.35. The van der Waals surface area contributed by atoms with Gasteiger partial charge in [-0.05, 0) is 12.1 Å². The number of aromatic nitrogens is 1. The van der Waals surface area contributed by atoms with Crippen LogP contribution in [0.3, 0.4) is 0 Å². The van der Waals surface area contributed by atoms with E-state index in [0.717, 1.165) is 7.48 Å². The molecular formula is C5H5BNO. The van der Waals surface area contributed by atoms with Gasteiger partial charge in [-0.25, -0.2) is 0 Å². The molecule has 0 aliphatic rings. The first-order valence-electron chi connectivity index (χ1n) is 2.32. The maximum absolute atomic E-state index is 8.35. The van der Waals surface area contributed by atoms with Gasteiger partial charge in [0.25, 0.3) is 0 Å². The van der Waals surface area contributed by atoms with Crippen LogP contribution in [0.25, 0.3) is 0 Å². The Hall–Kier alpha value is -0.825. The Kier molecular flexibility index (Phi) is 1.64. The van der Waals surface area contributed by atoms with Crippen molar-refractivity contribution in [1.82, 2.24) is 4.98 Å². The van der Waals surface area contributed by atoms with Crippen molar-refractivity contribution in [1.29, 1.82) is 0 Å². The van der Waals surface area contributed by atoms with Crippen LogP contribution in [0.15, 0.2) is 24.4 Å². The molecule has 0 aromatic carbocycles. The lowest BCUT2D eigenvalue weighted by molar-refractivity contribution is 0.614. The molecule has 1 aromatic rings. The zero-order valence-corrected chi connectivity index (χ0v) is 4.28. The molecule has 1 rings (SSSR count). The number of hydrogen-bond donors (Lipinski definition) is 1. The van der Waals surface area contributed by atoms with Gasteiger partial charge < -0.3 is 5.02 Å². The molecule has 0 fully saturated rings. The van der Waals surface area contributed by atoms with E-state index in [1.807, 2.05) is 6.07 Å². The molecule has 0 saturated heterocycles. The van der Waals surface area contributed by atoms with Crippen LogP contribution in [-0.4, -0.2) is 17.5 Å². The van der Waals surface area contributed by atoms with Gasteiger partial charge in [0, 0.05) is 11.8 Å². The Balaban J connectivity index is 2.83. The maximum Gasteiger partial charge on any atom is 0.348 e. The standard InChI is InChI=1S/C5H5BNO/c8-6-5-3-1-2-4-7-5/h1-4,8H. The van der Waals surface area contributed by atoms with Gasteiger partial charge in [-0.15, -0.1) is 0 Å². The second-order valence-corrected chi connectivity index (χ2v) is 1.38. The smallest absolute Gasteiger partial charge is 0.348 e. The highest BCUT2D eigenvalue weighted by Gasteiger charge is 1.87. The van der Waals surface area contributed by atoms with Gasteiger partial charge in [-0.1, -0.05) is 6.07 Å². The van der Waals surface area contributed by atoms with E-state index in [4.69, 9.17) is 5.02 Å². The summed E-state index contributed by atoms with van der Waals surface area (Å²) in [5, 5.41) is 8.35. The summed E-state index contributed by atoms with van der Waals surface area (Å²) in [6.45, 7) is 0. The first-order valence-corrected chi connectivity index (χ1v) is 2.32. The lowest BCUT2D eigenvalue weighted by atomic mass is 9.96. The summed E-state index contributed by atoms with van der Waals surface area (Å²) in [4.78, 5) is 3.79. The summed E-state index contributed by atoms with van der Waals surface area (Å²) in [6, 6.07) is 5.34. The molecule has 3 heteroatoms. The summed E-state index contributed by atoms with van der Waals surface area (Å²) in [5.74, 6) is 0. The average Bonchev–Trinajstić information content (AvgIpc) is 1.90. The zero-order valence-electron chi connectivity index (χ0n) is 4.28. The zero-order chi connectivity index (χ0) is 5.82. The van der Waals surface area contributed by atoms with Crippen LogP contribution in [0, 0.1) is 0 Å². The number of rotatable bonds is 1. The van der Waals surface area contributed by atoms with Crippen molar-refractivity contribution in [2.24, 2.45) is 0 Å². The highest BCUT2D eigenvalue weighted by molar-refractivity contribution is 6.44. The van der Waals surface area contributed by atoms with Crippen molar-refractivity contribution in [3.63, 3.8) is 0 Å². The highest BCUT2D eigenvalue weighted by Crippen LogP contribution is 1.72. The van der Waals surface area contributed by atoms with Gasteiger partial charge in [-0.3, -0.25) is 4.98 Å². The van der Waals surface area contributed by atoms with Crippen molar-refractivity contribution >= 4 is 13.1 Å². The predicted molar refractivity (Wildman–Crippen MR) is 31.8 cm³/mol.